The van der Waals surface area contributed by atoms with Gasteiger partial charge in [0.25, 0.3) is 0 Å². The van der Waals surface area contributed by atoms with Gasteiger partial charge in [0.15, 0.2) is 0 Å². The van der Waals surface area contributed by atoms with E-state index >= 15 is 0 Å². The number of rotatable bonds is 8. The maximum Gasteiger partial charge on any atom is 0.147 e. The van der Waals surface area contributed by atoms with Crippen molar-refractivity contribution in [2.45, 2.75) is 39.9 Å². The van der Waals surface area contributed by atoms with E-state index in [0.717, 1.165) is 30.4 Å². The zero-order chi connectivity index (χ0) is 15.2. The van der Waals surface area contributed by atoms with Crippen LogP contribution in [-0.2, 0) is 17.8 Å². The summed E-state index contributed by atoms with van der Waals surface area (Å²) >= 11 is 0. The molecule has 2 aromatic rings. The van der Waals surface area contributed by atoms with E-state index in [9.17, 15) is 0 Å². The van der Waals surface area contributed by atoms with Crippen LogP contribution in [0.4, 0.5) is 0 Å². The summed E-state index contributed by atoms with van der Waals surface area (Å²) in [4.78, 5) is 8.77. The van der Waals surface area contributed by atoms with Crippen molar-refractivity contribution in [1.82, 2.24) is 29.6 Å². The van der Waals surface area contributed by atoms with Crippen LogP contribution in [0.15, 0.2) is 12.5 Å². The summed E-state index contributed by atoms with van der Waals surface area (Å²) in [6.45, 7) is 9.19. The molecule has 2 rings (SSSR count). The van der Waals surface area contributed by atoms with Gasteiger partial charge in [-0.05, 0) is 20.8 Å². The second-order valence-electron chi connectivity index (χ2n) is 5.27. The van der Waals surface area contributed by atoms with E-state index in [1.807, 2.05) is 17.8 Å². The maximum absolute atomic E-state index is 5.04. The third kappa shape index (κ3) is 3.89. The van der Waals surface area contributed by atoms with Crippen molar-refractivity contribution < 1.29 is 4.74 Å². The first-order chi connectivity index (χ1) is 10.1. The quantitative estimate of drug-likeness (QED) is 0.739. The Morgan fingerprint density at radius 3 is 2.86 bits per heavy atom. The number of nitrogens with one attached hydrogen (secondary N) is 1. The lowest BCUT2D eigenvalue weighted by atomic mass is 10.4. The molecule has 0 saturated heterocycles. The van der Waals surface area contributed by atoms with Gasteiger partial charge in [0.1, 0.15) is 18.0 Å². The van der Waals surface area contributed by atoms with Gasteiger partial charge in [-0.3, -0.25) is 0 Å². The van der Waals surface area contributed by atoms with Gasteiger partial charge in [-0.15, -0.1) is 0 Å². The summed E-state index contributed by atoms with van der Waals surface area (Å²) in [5.41, 5.74) is 1.14. The molecule has 21 heavy (non-hydrogen) atoms. The van der Waals surface area contributed by atoms with E-state index in [1.165, 1.54) is 0 Å². The SMILES string of the molecule is COCCNCc1cnc(C)n1Cc1ncnn1C(C)C. The van der Waals surface area contributed by atoms with Crippen molar-refractivity contribution in [2.24, 2.45) is 0 Å². The van der Waals surface area contributed by atoms with Crippen LogP contribution in [0.3, 0.4) is 0 Å². The summed E-state index contributed by atoms with van der Waals surface area (Å²) in [5, 5.41) is 7.63. The largest absolute Gasteiger partial charge is 0.383 e. The van der Waals surface area contributed by atoms with Gasteiger partial charge < -0.3 is 14.6 Å². The molecule has 0 spiro atoms. The first-order valence-electron chi connectivity index (χ1n) is 7.22. The van der Waals surface area contributed by atoms with Crippen LogP contribution in [0.25, 0.3) is 0 Å². The van der Waals surface area contributed by atoms with E-state index in [2.05, 4.69) is 38.8 Å². The molecule has 7 heteroatoms. The Labute approximate surface area is 125 Å². The van der Waals surface area contributed by atoms with Crippen molar-refractivity contribution in [3.8, 4) is 0 Å². The van der Waals surface area contributed by atoms with Crippen LogP contribution in [0.2, 0.25) is 0 Å². The average Bonchev–Trinajstić information content (AvgIpc) is 3.05. The molecule has 7 nitrogen and oxygen atoms in total. The number of ether oxygens (including phenoxy) is 1. The fourth-order valence-corrected chi connectivity index (χ4v) is 2.22. The molecule has 0 aromatic carbocycles. The fraction of sp³-hybridized carbons (Fsp3) is 0.643. The number of imidazole rings is 1. The van der Waals surface area contributed by atoms with E-state index in [0.29, 0.717) is 19.2 Å². The van der Waals surface area contributed by atoms with Crippen molar-refractivity contribution >= 4 is 0 Å². The van der Waals surface area contributed by atoms with E-state index < -0.39 is 0 Å². The number of hydrogen-bond acceptors (Lipinski definition) is 5. The Kier molecular flexibility index (Phi) is 5.46. The molecule has 2 aromatic heterocycles. The van der Waals surface area contributed by atoms with E-state index in [-0.39, 0.29) is 0 Å². The second kappa shape index (κ2) is 7.33. The molecule has 0 aliphatic heterocycles. The number of aryl methyl sites for hydroxylation is 1. The van der Waals surface area contributed by atoms with Crippen LogP contribution in [0.5, 0.6) is 0 Å². The predicted molar refractivity (Wildman–Crippen MR) is 80.1 cm³/mol. The highest BCUT2D eigenvalue weighted by molar-refractivity contribution is 5.07. The Hall–Kier alpha value is -1.73. The molecular formula is C14H24N6O. The van der Waals surface area contributed by atoms with E-state index in [4.69, 9.17) is 4.74 Å². The highest BCUT2D eigenvalue weighted by Crippen LogP contribution is 2.11. The number of nitrogens with zero attached hydrogens (tertiary/aromatic N) is 5. The number of hydrogen-bond donors (Lipinski definition) is 1. The molecule has 0 aliphatic carbocycles. The summed E-state index contributed by atoms with van der Waals surface area (Å²) in [5.74, 6) is 1.93. The Morgan fingerprint density at radius 2 is 2.14 bits per heavy atom. The minimum atomic E-state index is 0.301. The smallest absolute Gasteiger partial charge is 0.147 e. The van der Waals surface area contributed by atoms with Gasteiger partial charge in [-0.1, -0.05) is 0 Å². The summed E-state index contributed by atoms with van der Waals surface area (Å²) < 4.78 is 9.15. The van der Waals surface area contributed by atoms with Gasteiger partial charge in [0, 0.05) is 32.4 Å². The average molecular weight is 292 g/mol. The molecule has 116 valence electrons. The lowest BCUT2D eigenvalue weighted by Gasteiger charge is -2.13. The minimum Gasteiger partial charge on any atom is -0.383 e. The van der Waals surface area contributed by atoms with Crippen LogP contribution in [-0.4, -0.2) is 44.6 Å². The summed E-state index contributed by atoms with van der Waals surface area (Å²) in [6.07, 6.45) is 3.52. The molecule has 0 radical (unpaired) electrons. The molecule has 0 aliphatic rings. The van der Waals surface area contributed by atoms with Crippen LogP contribution in [0, 0.1) is 6.92 Å². The molecule has 0 fully saturated rings. The zero-order valence-corrected chi connectivity index (χ0v) is 13.2. The third-order valence-corrected chi connectivity index (χ3v) is 3.36. The summed E-state index contributed by atoms with van der Waals surface area (Å²) in [7, 11) is 1.70. The highest BCUT2D eigenvalue weighted by Gasteiger charge is 2.12. The monoisotopic (exact) mass is 292 g/mol. The molecule has 0 bridgehead atoms. The number of aromatic nitrogens is 5. The maximum atomic E-state index is 5.04. The van der Waals surface area contributed by atoms with Gasteiger partial charge >= 0.3 is 0 Å². The lowest BCUT2D eigenvalue weighted by molar-refractivity contribution is 0.199. The number of methoxy groups -OCH3 is 1. The van der Waals surface area contributed by atoms with Crippen molar-refractivity contribution in [3.63, 3.8) is 0 Å². The van der Waals surface area contributed by atoms with Gasteiger partial charge in [0.05, 0.1) is 18.8 Å². The zero-order valence-electron chi connectivity index (χ0n) is 13.2. The normalized spacial score (nSPS) is 11.5. The lowest BCUT2D eigenvalue weighted by Crippen LogP contribution is -2.21. The molecule has 0 saturated carbocycles. The third-order valence-electron chi connectivity index (χ3n) is 3.36. The van der Waals surface area contributed by atoms with Crippen molar-refractivity contribution in [3.05, 3.63) is 29.9 Å². The van der Waals surface area contributed by atoms with Crippen LogP contribution < -0.4 is 5.32 Å². The second-order valence-corrected chi connectivity index (χ2v) is 5.27. The molecule has 0 unspecified atom stereocenters. The molecule has 2 heterocycles. The van der Waals surface area contributed by atoms with Gasteiger partial charge in [-0.2, -0.15) is 5.10 Å². The van der Waals surface area contributed by atoms with Crippen molar-refractivity contribution in [1.29, 1.82) is 0 Å². The Balaban J connectivity index is 2.08. The van der Waals surface area contributed by atoms with Gasteiger partial charge in [0.2, 0.25) is 0 Å². The van der Waals surface area contributed by atoms with Crippen LogP contribution >= 0.6 is 0 Å². The standard InChI is InChI=1S/C14H24N6O/c1-11(2)20-14(17-10-18-20)9-19-12(3)16-8-13(19)7-15-5-6-21-4/h8,10-11,15H,5-7,9H2,1-4H3. The molecule has 0 amide bonds. The van der Waals surface area contributed by atoms with Gasteiger partial charge in [-0.25, -0.2) is 14.6 Å². The molecule has 1 N–H and O–H groups in total. The minimum absolute atomic E-state index is 0.301. The topological polar surface area (TPSA) is 69.8 Å². The molecular weight excluding hydrogens is 268 g/mol. The Morgan fingerprint density at radius 1 is 1.33 bits per heavy atom. The van der Waals surface area contributed by atoms with E-state index in [1.54, 1.807) is 13.4 Å². The first kappa shape index (κ1) is 15.7. The highest BCUT2D eigenvalue weighted by atomic mass is 16.5. The molecule has 0 atom stereocenters. The predicted octanol–water partition coefficient (Wildman–Crippen LogP) is 1.15. The first-order valence-corrected chi connectivity index (χ1v) is 7.22. The summed E-state index contributed by atoms with van der Waals surface area (Å²) in [6, 6.07) is 0.301. The van der Waals surface area contributed by atoms with Crippen LogP contribution in [0.1, 0.15) is 37.2 Å². The fourth-order valence-electron chi connectivity index (χ4n) is 2.22. The van der Waals surface area contributed by atoms with Crippen molar-refractivity contribution in [2.75, 3.05) is 20.3 Å². The Bertz CT molecular complexity index is 560.